The monoisotopic (exact) mass is 163 g/mol. The van der Waals surface area contributed by atoms with Crippen LogP contribution in [0.25, 0.3) is 0 Å². The van der Waals surface area contributed by atoms with Gasteiger partial charge in [-0.3, -0.25) is 0 Å². The van der Waals surface area contributed by atoms with Crippen LogP contribution in [0, 0.1) is 17.9 Å². The van der Waals surface area contributed by atoms with Gasteiger partial charge in [0.25, 0.3) is 0 Å². The lowest BCUT2D eigenvalue weighted by atomic mass is 9.97. The third-order valence-corrected chi connectivity index (χ3v) is 2.01. The maximum atomic E-state index is 4.07. The molecule has 12 heavy (non-hydrogen) atoms. The van der Waals surface area contributed by atoms with Crippen LogP contribution in [-0.4, -0.2) is 5.71 Å². The molecule has 0 saturated carbocycles. The predicted molar refractivity (Wildman–Crippen MR) is 55.2 cm³/mol. The number of hydrogen-bond acceptors (Lipinski definition) is 1. The Kier molecular flexibility index (Phi) is 5.12. The summed E-state index contributed by atoms with van der Waals surface area (Å²) in [6.07, 6.45) is 1.10. The van der Waals surface area contributed by atoms with Crippen LogP contribution in [0.3, 0.4) is 0 Å². The number of hydrogen-bond donors (Lipinski definition) is 0. The Bertz CT molecular complexity index is 237. The predicted octanol–water partition coefficient (Wildman–Crippen LogP) is 3.03. The van der Waals surface area contributed by atoms with E-state index in [4.69, 9.17) is 0 Å². The molecule has 1 unspecified atom stereocenters. The second kappa shape index (κ2) is 5.60. The summed E-state index contributed by atoms with van der Waals surface area (Å²) < 4.78 is 0. The van der Waals surface area contributed by atoms with Gasteiger partial charge in [0.05, 0.1) is 5.71 Å². The van der Waals surface area contributed by atoms with Crippen LogP contribution in [0.15, 0.2) is 17.1 Å². The lowest BCUT2D eigenvalue weighted by Crippen LogP contribution is -2.04. The maximum Gasteiger partial charge on any atom is 0.0508 e. The molecule has 0 N–H and O–H groups in total. The maximum absolute atomic E-state index is 4.07. The second-order valence-electron chi connectivity index (χ2n) is 2.89. The van der Waals surface area contributed by atoms with Gasteiger partial charge in [0.1, 0.15) is 0 Å². The van der Waals surface area contributed by atoms with Crippen LogP contribution in [-0.2, 0) is 0 Å². The lowest BCUT2D eigenvalue weighted by molar-refractivity contribution is 0.680. The Morgan fingerprint density at radius 2 is 2.17 bits per heavy atom. The van der Waals surface area contributed by atoms with E-state index in [9.17, 15) is 0 Å². The van der Waals surface area contributed by atoms with E-state index in [1.54, 1.807) is 6.92 Å². The molecule has 0 aliphatic heterocycles. The molecule has 0 fully saturated rings. The van der Waals surface area contributed by atoms with Crippen LogP contribution in [0.4, 0.5) is 0 Å². The number of rotatable bonds is 3. The summed E-state index contributed by atoms with van der Waals surface area (Å²) in [5, 5.41) is 0. The highest BCUT2D eigenvalue weighted by Gasteiger charge is 2.05. The molecule has 0 aliphatic rings. The standard InChI is InChI=1S/C11H17N/c1-6-8-12-11(5)10(4)9(3)7-2/h9H,4,7H2,1-3,5H3/b12-11+. The summed E-state index contributed by atoms with van der Waals surface area (Å²) in [4.78, 5) is 4.07. The van der Waals surface area contributed by atoms with Gasteiger partial charge in [0, 0.05) is 6.04 Å². The highest BCUT2D eigenvalue weighted by molar-refractivity contribution is 5.98. The minimum Gasteiger partial charge on any atom is -0.202 e. The normalized spacial score (nSPS) is 13.2. The minimum atomic E-state index is 0.507. The molecular weight excluding hydrogens is 146 g/mol. The zero-order valence-electron chi connectivity index (χ0n) is 8.44. The molecule has 1 heteroatoms. The van der Waals surface area contributed by atoms with Crippen molar-refractivity contribution in [1.29, 1.82) is 0 Å². The largest absolute Gasteiger partial charge is 0.202 e. The molecule has 0 aromatic rings. The van der Waals surface area contributed by atoms with Gasteiger partial charge < -0.3 is 0 Å². The van der Waals surface area contributed by atoms with Gasteiger partial charge >= 0.3 is 0 Å². The fourth-order valence-corrected chi connectivity index (χ4v) is 0.815. The van der Waals surface area contributed by atoms with Crippen molar-refractivity contribution in [2.45, 2.75) is 34.1 Å². The molecule has 0 amide bonds. The highest BCUT2D eigenvalue weighted by Crippen LogP contribution is 2.13. The van der Waals surface area contributed by atoms with Crippen molar-refractivity contribution in [3.05, 3.63) is 12.2 Å². The van der Waals surface area contributed by atoms with Gasteiger partial charge in [0.15, 0.2) is 0 Å². The summed E-state index contributed by atoms with van der Waals surface area (Å²) in [5.74, 6) is 3.24. The Labute approximate surface area is 75.6 Å². The SMILES string of the molecule is C=C(/C(C)=N/C#CC)C(C)CC. The van der Waals surface area contributed by atoms with Crippen LogP contribution >= 0.6 is 0 Å². The molecular formula is C11H17N. The molecule has 0 spiro atoms. The third-order valence-electron chi connectivity index (χ3n) is 2.01. The number of aliphatic imine (C=N–C) groups is 1. The van der Waals surface area contributed by atoms with Gasteiger partial charge in [-0.05, 0) is 31.8 Å². The van der Waals surface area contributed by atoms with Crippen molar-refractivity contribution in [3.63, 3.8) is 0 Å². The van der Waals surface area contributed by atoms with E-state index >= 15 is 0 Å². The van der Waals surface area contributed by atoms with E-state index in [0.717, 1.165) is 17.7 Å². The molecule has 1 nitrogen and oxygen atoms in total. The smallest absolute Gasteiger partial charge is 0.0508 e. The van der Waals surface area contributed by atoms with Gasteiger partial charge in [-0.25, -0.2) is 4.99 Å². The van der Waals surface area contributed by atoms with Crippen molar-refractivity contribution in [3.8, 4) is 12.0 Å². The quantitative estimate of drug-likeness (QED) is 0.448. The van der Waals surface area contributed by atoms with Crippen LogP contribution in [0.1, 0.15) is 34.1 Å². The zero-order chi connectivity index (χ0) is 9.56. The lowest BCUT2D eigenvalue weighted by Gasteiger charge is -2.10. The fraction of sp³-hybridized carbons (Fsp3) is 0.545. The molecule has 0 heterocycles. The van der Waals surface area contributed by atoms with E-state index < -0.39 is 0 Å². The van der Waals surface area contributed by atoms with E-state index in [1.165, 1.54) is 0 Å². The Hall–Kier alpha value is -1.03. The van der Waals surface area contributed by atoms with Crippen LogP contribution in [0.2, 0.25) is 0 Å². The van der Waals surface area contributed by atoms with Crippen molar-refractivity contribution >= 4 is 5.71 Å². The van der Waals surface area contributed by atoms with Crippen LogP contribution in [0.5, 0.6) is 0 Å². The van der Waals surface area contributed by atoms with Crippen LogP contribution < -0.4 is 0 Å². The summed E-state index contributed by atoms with van der Waals surface area (Å²) >= 11 is 0. The Balaban J connectivity index is 4.35. The molecule has 0 rings (SSSR count). The van der Waals surface area contributed by atoms with E-state index in [1.807, 2.05) is 6.92 Å². The first-order chi connectivity index (χ1) is 5.63. The van der Waals surface area contributed by atoms with Gasteiger partial charge in [-0.1, -0.05) is 26.3 Å². The van der Waals surface area contributed by atoms with E-state index in [0.29, 0.717) is 5.92 Å². The minimum absolute atomic E-state index is 0.507. The highest BCUT2D eigenvalue weighted by atomic mass is 14.7. The summed E-state index contributed by atoms with van der Waals surface area (Å²) in [7, 11) is 0. The average molecular weight is 163 g/mol. The molecule has 0 bridgehead atoms. The Morgan fingerprint density at radius 1 is 1.58 bits per heavy atom. The third kappa shape index (κ3) is 3.39. The molecule has 0 saturated heterocycles. The summed E-state index contributed by atoms with van der Waals surface area (Å²) in [6.45, 7) is 12.0. The molecule has 0 aliphatic carbocycles. The number of nitrogens with zero attached hydrogens (tertiary/aromatic N) is 1. The van der Waals surface area contributed by atoms with Crippen molar-refractivity contribution in [1.82, 2.24) is 0 Å². The van der Waals surface area contributed by atoms with Crippen molar-refractivity contribution in [2.24, 2.45) is 10.9 Å². The molecule has 66 valence electrons. The van der Waals surface area contributed by atoms with Crippen molar-refractivity contribution in [2.75, 3.05) is 0 Å². The first-order valence-electron chi connectivity index (χ1n) is 4.28. The summed E-state index contributed by atoms with van der Waals surface area (Å²) in [5.41, 5.74) is 2.05. The second-order valence-corrected chi connectivity index (χ2v) is 2.89. The first-order valence-corrected chi connectivity index (χ1v) is 4.28. The van der Waals surface area contributed by atoms with E-state index in [2.05, 4.69) is 37.4 Å². The Morgan fingerprint density at radius 3 is 2.58 bits per heavy atom. The first kappa shape index (κ1) is 11.0. The van der Waals surface area contributed by atoms with Gasteiger partial charge in [0.2, 0.25) is 0 Å². The molecule has 0 aromatic heterocycles. The average Bonchev–Trinajstić information content (AvgIpc) is 2.11. The van der Waals surface area contributed by atoms with Gasteiger partial charge in [-0.15, -0.1) is 0 Å². The zero-order valence-corrected chi connectivity index (χ0v) is 8.44. The van der Waals surface area contributed by atoms with Gasteiger partial charge in [-0.2, -0.15) is 0 Å². The fourth-order valence-electron chi connectivity index (χ4n) is 0.815. The summed E-state index contributed by atoms with van der Waals surface area (Å²) in [6, 6.07) is 2.69. The van der Waals surface area contributed by atoms with Crippen molar-refractivity contribution < 1.29 is 0 Å². The molecule has 1 atom stereocenters. The van der Waals surface area contributed by atoms with E-state index in [-0.39, 0.29) is 0 Å². The molecule has 0 radical (unpaired) electrons. The molecule has 0 aromatic carbocycles. The number of allylic oxidation sites excluding steroid dienone is 1. The topological polar surface area (TPSA) is 12.4 Å².